The highest BCUT2D eigenvalue weighted by molar-refractivity contribution is 5.71. The maximum absolute atomic E-state index is 12.8. The largest absolute Gasteiger partial charge is 0.477 e. The average Bonchev–Trinajstić information content (AvgIpc) is 3.19. The van der Waals surface area contributed by atoms with Crippen LogP contribution in [0.5, 0.6) is 0 Å². The summed E-state index contributed by atoms with van der Waals surface area (Å²) in [6.45, 7) is 4.59. The van der Waals surface area contributed by atoms with Crippen LogP contribution >= 0.6 is 0 Å². The first-order valence-electron chi connectivity index (χ1n) is 22.4. The van der Waals surface area contributed by atoms with Crippen LogP contribution in [0.4, 0.5) is 0 Å². The molecule has 2 unspecified atom stereocenters. The smallest absolute Gasteiger partial charge is 0.361 e. The number of carboxylic acid groups (broad SMARTS) is 1. The molecule has 334 valence electrons. The molecule has 0 aromatic carbocycles. The summed E-state index contributed by atoms with van der Waals surface area (Å²) in [4.78, 5) is 37.1. The van der Waals surface area contributed by atoms with Gasteiger partial charge in [-0.1, -0.05) is 137 Å². The van der Waals surface area contributed by atoms with Crippen LogP contribution in [0.15, 0.2) is 97.2 Å². The lowest BCUT2D eigenvalue weighted by Crippen LogP contribution is -2.40. The molecule has 9 nitrogen and oxygen atoms in total. The number of hydrogen-bond acceptors (Lipinski definition) is 7. The molecule has 0 aliphatic rings. The van der Waals surface area contributed by atoms with E-state index < -0.39 is 24.3 Å². The fourth-order valence-corrected chi connectivity index (χ4v) is 5.34. The number of quaternary nitrogens is 1. The van der Waals surface area contributed by atoms with E-state index in [2.05, 4.69) is 111 Å². The fraction of sp³-hybridized carbons (Fsp3) is 0.620. The maximum Gasteiger partial charge on any atom is 0.361 e. The van der Waals surface area contributed by atoms with Crippen molar-refractivity contribution in [2.75, 3.05) is 47.5 Å². The number of esters is 2. The van der Waals surface area contributed by atoms with Gasteiger partial charge in [0.1, 0.15) is 13.2 Å². The monoisotopic (exact) mass is 825 g/mol. The van der Waals surface area contributed by atoms with Gasteiger partial charge in [0.05, 0.1) is 34.4 Å². The Morgan fingerprint density at radius 1 is 0.525 bits per heavy atom. The Morgan fingerprint density at radius 3 is 1.47 bits per heavy atom. The Bertz CT molecular complexity index is 1280. The molecule has 0 rings (SSSR count). The summed E-state index contributed by atoms with van der Waals surface area (Å²) in [7, 11) is 5.92. The van der Waals surface area contributed by atoms with E-state index >= 15 is 0 Å². The third-order valence-corrected chi connectivity index (χ3v) is 8.81. The summed E-state index contributed by atoms with van der Waals surface area (Å²) in [6.07, 6.45) is 50.4. The number of allylic oxidation sites excluding steroid dienone is 16. The third kappa shape index (κ3) is 42.1. The van der Waals surface area contributed by atoms with Crippen LogP contribution in [0.3, 0.4) is 0 Å². The number of carbonyl (C=O) groups is 3. The summed E-state index contributed by atoms with van der Waals surface area (Å²) in [6, 6.07) is 0. The summed E-state index contributed by atoms with van der Waals surface area (Å²) in [5, 5.41) is 9.63. The lowest BCUT2D eigenvalue weighted by Gasteiger charge is -2.25. The SMILES string of the molecule is CC/C=C\C/C=C\C/C=C\C/C=C\C/C=C\C/C=C\CCCCC(=O)OC(COC(=O)CCCCCCC/C=C\C/C=C\CCC)COC(OCC[N+](C)(C)C)C(=O)O. The van der Waals surface area contributed by atoms with Gasteiger partial charge in [-0.15, -0.1) is 0 Å². The molecule has 0 aliphatic heterocycles. The van der Waals surface area contributed by atoms with Gasteiger partial charge >= 0.3 is 17.9 Å². The average molecular weight is 825 g/mol. The highest BCUT2D eigenvalue weighted by Crippen LogP contribution is 2.11. The predicted molar refractivity (Wildman–Crippen MR) is 244 cm³/mol. The van der Waals surface area contributed by atoms with E-state index in [1.807, 2.05) is 21.1 Å². The number of carbonyl (C=O) groups excluding carboxylic acids is 2. The Labute approximate surface area is 359 Å². The molecule has 0 radical (unpaired) electrons. The van der Waals surface area contributed by atoms with Crippen molar-refractivity contribution in [1.29, 1.82) is 0 Å². The first-order chi connectivity index (χ1) is 28.6. The van der Waals surface area contributed by atoms with E-state index in [1.54, 1.807) is 0 Å². The van der Waals surface area contributed by atoms with Crippen LogP contribution in [0.2, 0.25) is 0 Å². The predicted octanol–water partition coefficient (Wildman–Crippen LogP) is 11.9. The van der Waals surface area contributed by atoms with Gasteiger partial charge in [0.15, 0.2) is 6.10 Å². The molecule has 0 bridgehead atoms. The fourth-order valence-electron chi connectivity index (χ4n) is 5.34. The van der Waals surface area contributed by atoms with Gasteiger partial charge in [0.25, 0.3) is 6.29 Å². The van der Waals surface area contributed by atoms with Crippen LogP contribution in [-0.2, 0) is 33.3 Å². The number of unbranched alkanes of at least 4 members (excludes halogenated alkanes) is 8. The van der Waals surface area contributed by atoms with Crippen LogP contribution in [0, 0.1) is 0 Å². The van der Waals surface area contributed by atoms with E-state index in [0.717, 1.165) is 103 Å². The van der Waals surface area contributed by atoms with E-state index in [9.17, 15) is 19.5 Å². The number of aliphatic carboxylic acids is 1. The molecule has 1 N–H and O–H groups in total. The van der Waals surface area contributed by atoms with Gasteiger partial charge in [0.2, 0.25) is 0 Å². The molecule has 0 spiro atoms. The Kier molecular flexibility index (Phi) is 38.3. The number of rotatable bonds is 39. The zero-order valence-electron chi connectivity index (χ0n) is 37.6. The molecule has 0 heterocycles. The lowest BCUT2D eigenvalue weighted by molar-refractivity contribution is -0.870. The van der Waals surface area contributed by atoms with E-state index in [1.165, 1.54) is 6.42 Å². The number of nitrogens with zero attached hydrogens (tertiary/aromatic N) is 1. The summed E-state index contributed by atoms with van der Waals surface area (Å²) >= 11 is 0. The molecule has 0 saturated carbocycles. The van der Waals surface area contributed by atoms with Crippen molar-refractivity contribution in [2.24, 2.45) is 0 Å². The summed E-state index contributed by atoms with van der Waals surface area (Å²) < 4.78 is 22.6. The van der Waals surface area contributed by atoms with Gasteiger partial charge in [-0.25, -0.2) is 4.79 Å². The Balaban J connectivity index is 4.56. The number of ether oxygens (including phenoxy) is 4. The summed E-state index contributed by atoms with van der Waals surface area (Å²) in [5.41, 5.74) is 0. The second-order valence-corrected chi connectivity index (χ2v) is 15.6. The van der Waals surface area contributed by atoms with E-state index in [4.69, 9.17) is 18.9 Å². The lowest BCUT2D eigenvalue weighted by atomic mass is 10.1. The maximum atomic E-state index is 12.8. The van der Waals surface area contributed by atoms with Crippen molar-refractivity contribution in [3.63, 3.8) is 0 Å². The summed E-state index contributed by atoms with van der Waals surface area (Å²) in [5.74, 6) is -2.10. The highest BCUT2D eigenvalue weighted by atomic mass is 16.7. The van der Waals surface area contributed by atoms with Gasteiger partial charge < -0.3 is 28.5 Å². The second kappa shape index (κ2) is 41.0. The van der Waals surface area contributed by atoms with Gasteiger partial charge in [-0.2, -0.15) is 0 Å². The molecule has 9 heteroatoms. The van der Waals surface area contributed by atoms with Gasteiger partial charge in [-0.3, -0.25) is 9.59 Å². The molecule has 0 aromatic heterocycles. The van der Waals surface area contributed by atoms with E-state index in [-0.39, 0.29) is 38.6 Å². The van der Waals surface area contributed by atoms with Crippen molar-refractivity contribution in [2.45, 2.75) is 155 Å². The molecule has 0 saturated heterocycles. The standard InChI is InChI=1S/C50H81NO8/c1-6-8-10-12-14-16-18-20-21-22-23-24-25-26-27-29-31-33-35-37-39-41-48(53)59-46(45-58-50(49(54)55)56-43-42-51(3,4)5)44-57-47(52)40-38-36-34-32-30-28-19-17-15-13-11-9-7-2/h8,10-11,13-14,16-17,19-21,23-24,26-27,31,33,46,50H,6-7,9,12,15,18,22,25,28-30,32,34-45H2,1-5H3/p+1/b10-8-,13-11-,16-14-,19-17-,21-20-,24-23-,27-26-,33-31-. The van der Waals surface area contributed by atoms with Crippen LogP contribution < -0.4 is 0 Å². The second-order valence-electron chi connectivity index (χ2n) is 15.6. The van der Waals surface area contributed by atoms with Crippen molar-refractivity contribution < 1.29 is 42.9 Å². The zero-order chi connectivity index (χ0) is 43.5. The topological polar surface area (TPSA) is 108 Å². The van der Waals surface area contributed by atoms with Crippen molar-refractivity contribution in [1.82, 2.24) is 0 Å². The molecule has 0 aliphatic carbocycles. The van der Waals surface area contributed by atoms with Crippen molar-refractivity contribution in [3.8, 4) is 0 Å². The molecule has 0 fully saturated rings. The van der Waals surface area contributed by atoms with Gasteiger partial charge in [-0.05, 0) is 89.9 Å². The quantitative estimate of drug-likeness (QED) is 0.0215. The van der Waals surface area contributed by atoms with Crippen LogP contribution in [0.1, 0.15) is 142 Å². The van der Waals surface area contributed by atoms with E-state index in [0.29, 0.717) is 17.4 Å². The van der Waals surface area contributed by atoms with Crippen LogP contribution in [-0.4, -0.2) is 87.4 Å². The van der Waals surface area contributed by atoms with Crippen molar-refractivity contribution in [3.05, 3.63) is 97.2 Å². The minimum atomic E-state index is -1.53. The molecular formula is C50H82NO8+. The minimum Gasteiger partial charge on any atom is -0.477 e. The Hall–Kier alpha value is -3.79. The highest BCUT2D eigenvalue weighted by Gasteiger charge is 2.25. The first-order valence-corrected chi connectivity index (χ1v) is 22.4. The van der Waals surface area contributed by atoms with Crippen molar-refractivity contribution >= 4 is 17.9 Å². The molecule has 0 amide bonds. The molecular weight excluding hydrogens is 743 g/mol. The molecule has 2 atom stereocenters. The Morgan fingerprint density at radius 2 is 0.966 bits per heavy atom. The third-order valence-electron chi connectivity index (χ3n) is 8.81. The zero-order valence-corrected chi connectivity index (χ0v) is 37.6. The normalized spacial score (nSPS) is 13.8. The number of carboxylic acids is 1. The molecule has 59 heavy (non-hydrogen) atoms. The van der Waals surface area contributed by atoms with Crippen LogP contribution in [0.25, 0.3) is 0 Å². The minimum absolute atomic E-state index is 0.171. The number of likely N-dealkylation sites (N-methyl/N-ethyl adjacent to an activating group) is 1. The van der Waals surface area contributed by atoms with Gasteiger partial charge in [0, 0.05) is 12.8 Å². The number of hydrogen-bond donors (Lipinski definition) is 1. The first kappa shape index (κ1) is 55.2. The molecule has 0 aromatic rings.